The number of nitrogens with one attached hydrogen (secondary N) is 1. The van der Waals surface area contributed by atoms with Crippen LogP contribution in [0.4, 0.5) is 0 Å². The largest absolute Gasteiger partial charge is 0.370 e. The van der Waals surface area contributed by atoms with Gasteiger partial charge in [-0.15, -0.1) is 24.0 Å². The second kappa shape index (κ2) is 8.41. The first kappa shape index (κ1) is 18.0. The molecule has 5 nitrogen and oxygen atoms in total. The summed E-state index contributed by atoms with van der Waals surface area (Å²) >= 11 is 0. The van der Waals surface area contributed by atoms with E-state index < -0.39 is 9.84 Å². The molecule has 1 saturated heterocycles. The minimum Gasteiger partial charge on any atom is -0.370 e. The third-order valence-electron chi connectivity index (χ3n) is 4.15. The standard InChI is InChI=1S/C13H25N3O2S.HI/c14-13(16-12-4-2-1-3-5-12)15-10-11-6-8-19(17,18)9-7-11;/h11-12H,1-10H2,(H3,14,15,16);1H. The number of nitrogens with zero attached hydrogens (tertiary/aromatic N) is 1. The summed E-state index contributed by atoms with van der Waals surface area (Å²) < 4.78 is 22.6. The molecule has 0 aromatic carbocycles. The molecule has 7 heteroatoms. The quantitative estimate of drug-likeness (QED) is 0.417. The van der Waals surface area contributed by atoms with E-state index in [4.69, 9.17) is 5.73 Å². The van der Waals surface area contributed by atoms with Crippen LogP contribution in [0.15, 0.2) is 4.99 Å². The zero-order chi connectivity index (χ0) is 13.7. The predicted molar refractivity (Wildman–Crippen MR) is 93.3 cm³/mol. The van der Waals surface area contributed by atoms with E-state index in [0.717, 1.165) is 12.8 Å². The first-order valence-electron chi connectivity index (χ1n) is 7.32. The average Bonchev–Trinajstić information content (AvgIpc) is 2.39. The topological polar surface area (TPSA) is 84.5 Å². The van der Waals surface area contributed by atoms with Gasteiger partial charge in [-0.05, 0) is 31.6 Å². The van der Waals surface area contributed by atoms with E-state index in [1.807, 2.05) is 0 Å². The Kier molecular flexibility index (Phi) is 7.57. The fourth-order valence-corrected chi connectivity index (χ4v) is 4.44. The third kappa shape index (κ3) is 6.15. The van der Waals surface area contributed by atoms with Crippen molar-refractivity contribution in [2.75, 3.05) is 18.1 Å². The van der Waals surface area contributed by atoms with Gasteiger partial charge in [0.2, 0.25) is 0 Å². The van der Waals surface area contributed by atoms with Crippen LogP contribution >= 0.6 is 24.0 Å². The first-order valence-corrected chi connectivity index (χ1v) is 9.14. The van der Waals surface area contributed by atoms with Gasteiger partial charge in [-0.3, -0.25) is 4.99 Å². The lowest BCUT2D eigenvalue weighted by Crippen LogP contribution is -2.41. The van der Waals surface area contributed by atoms with Crippen LogP contribution in [-0.2, 0) is 9.84 Å². The Bertz CT molecular complexity index is 405. The second-order valence-corrected chi connectivity index (χ2v) is 8.10. The zero-order valence-corrected chi connectivity index (χ0v) is 15.0. The summed E-state index contributed by atoms with van der Waals surface area (Å²) in [7, 11) is -2.77. The zero-order valence-electron chi connectivity index (χ0n) is 11.9. The van der Waals surface area contributed by atoms with Crippen molar-refractivity contribution < 1.29 is 8.42 Å². The van der Waals surface area contributed by atoms with Crippen molar-refractivity contribution in [1.82, 2.24) is 5.32 Å². The fourth-order valence-electron chi connectivity index (χ4n) is 2.85. The lowest BCUT2D eigenvalue weighted by atomic mass is 9.96. The van der Waals surface area contributed by atoms with Gasteiger partial charge in [0, 0.05) is 12.6 Å². The number of hydrogen-bond acceptors (Lipinski definition) is 3. The molecular formula is C13H26IN3O2S. The summed E-state index contributed by atoms with van der Waals surface area (Å²) in [5, 5.41) is 3.28. The number of rotatable bonds is 3. The molecule has 3 N–H and O–H groups in total. The summed E-state index contributed by atoms with van der Waals surface area (Å²) in [5.74, 6) is 1.52. The highest BCUT2D eigenvalue weighted by Crippen LogP contribution is 2.19. The van der Waals surface area contributed by atoms with E-state index in [1.54, 1.807) is 0 Å². The van der Waals surface area contributed by atoms with Gasteiger partial charge in [0.1, 0.15) is 9.84 Å². The number of sulfone groups is 1. The number of aliphatic imine (C=N–C) groups is 1. The van der Waals surface area contributed by atoms with Crippen LogP contribution in [-0.4, -0.2) is 38.5 Å². The van der Waals surface area contributed by atoms with Crippen molar-refractivity contribution in [2.24, 2.45) is 16.6 Å². The fraction of sp³-hybridized carbons (Fsp3) is 0.923. The van der Waals surface area contributed by atoms with Gasteiger partial charge in [0.15, 0.2) is 5.96 Å². The van der Waals surface area contributed by atoms with Crippen molar-refractivity contribution in [3.8, 4) is 0 Å². The molecule has 0 amide bonds. The molecule has 1 saturated carbocycles. The van der Waals surface area contributed by atoms with Crippen molar-refractivity contribution in [3.05, 3.63) is 0 Å². The second-order valence-electron chi connectivity index (χ2n) is 5.80. The molecule has 1 aliphatic carbocycles. The SMILES string of the molecule is I.NC(=NCC1CCS(=O)(=O)CC1)NC1CCCCC1. The normalized spacial score (nSPS) is 24.9. The lowest BCUT2D eigenvalue weighted by molar-refractivity contribution is 0.411. The van der Waals surface area contributed by atoms with Crippen LogP contribution in [0.2, 0.25) is 0 Å². The molecule has 20 heavy (non-hydrogen) atoms. The van der Waals surface area contributed by atoms with E-state index >= 15 is 0 Å². The highest BCUT2D eigenvalue weighted by atomic mass is 127. The maximum atomic E-state index is 11.3. The van der Waals surface area contributed by atoms with Crippen LogP contribution in [0.25, 0.3) is 0 Å². The highest BCUT2D eigenvalue weighted by molar-refractivity contribution is 14.0. The smallest absolute Gasteiger partial charge is 0.188 e. The molecule has 1 heterocycles. The molecule has 0 aromatic rings. The van der Waals surface area contributed by atoms with Crippen LogP contribution < -0.4 is 11.1 Å². The molecule has 0 atom stereocenters. The molecule has 0 aromatic heterocycles. The molecule has 118 valence electrons. The van der Waals surface area contributed by atoms with Crippen molar-refractivity contribution in [1.29, 1.82) is 0 Å². The first-order chi connectivity index (χ1) is 9.05. The minimum atomic E-state index is -2.77. The van der Waals surface area contributed by atoms with Crippen LogP contribution in [0, 0.1) is 5.92 Å². The monoisotopic (exact) mass is 415 g/mol. The Labute approximate surface area is 139 Å². The summed E-state index contributed by atoms with van der Waals surface area (Å²) in [5.41, 5.74) is 5.90. The summed E-state index contributed by atoms with van der Waals surface area (Å²) in [4.78, 5) is 4.38. The number of halogens is 1. The van der Waals surface area contributed by atoms with E-state index in [-0.39, 0.29) is 24.0 Å². The van der Waals surface area contributed by atoms with E-state index in [2.05, 4.69) is 10.3 Å². The van der Waals surface area contributed by atoms with Crippen molar-refractivity contribution in [2.45, 2.75) is 51.0 Å². The number of guanidine groups is 1. The Morgan fingerprint density at radius 1 is 1.10 bits per heavy atom. The van der Waals surface area contributed by atoms with Gasteiger partial charge < -0.3 is 11.1 Å². The van der Waals surface area contributed by atoms with E-state index in [1.165, 1.54) is 32.1 Å². The molecule has 0 spiro atoms. The van der Waals surface area contributed by atoms with E-state index in [9.17, 15) is 8.42 Å². The average molecular weight is 415 g/mol. The van der Waals surface area contributed by atoms with E-state index in [0.29, 0.717) is 36.0 Å². The summed E-state index contributed by atoms with van der Waals surface area (Å²) in [6.45, 7) is 0.654. The van der Waals surface area contributed by atoms with Crippen LogP contribution in [0.3, 0.4) is 0 Å². The van der Waals surface area contributed by atoms with Gasteiger partial charge >= 0.3 is 0 Å². The molecule has 2 rings (SSSR count). The summed E-state index contributed by atoms with van der Waals surface area (Å²) in [6.07, 6.45) is 7.67. The van der Waals surface area contributed by atoms with Crippen LogP contribution in [0.5, 0.6) is 0 Å². The van der Waals surface area contributed by atoms with Gasteiger partial charge in [0.05, 0.1) is 11.5 Å². The third-order valence-corrected chi connectivity index (χ3v) is 5.87. The molecular weight excluding hydrogens is 389 g/mol. The minimum absolute atomic E-state index is 0. The Morgan fingerprint density at radius 3 is 2.30 bits per heavy atom. The van der Waals surface area contributed by atoms with Gasteiger partial charge in [-0.2, -0.15) is 0 Å². The lowest BCUT2D eigenvalue weighted by Gasteiger charge is -2.24. The maximum absolute atomic E-state index is 11.3. The number of nitrogens with two attached hydrogens (primary N) is 1. The Balaban J connectivity index is 0.00000200. The van der Waals surface area contributed by atoms with Gasteiger partial charge in [-0.1, -0.05) is 19.3 Å². The van der Waals surface area contributed by atoms with Crippen molar-refractivity contribution in [3.63, 3.8) is 0 Å². The predicted octanol–water partition coefficient (Wildman–Crippen LogP) is 1.67. The van der Waals surface area contributed by atoms with Gasteiger partial charge in [-0.25, -0.2) is 8.42 Å². The molecule has 0 unspecified atom stereocenters. The van der Waals surface area contributed by atoms with Crippen molar-refractivity contribution >= 4 is 39.8 Å². The molecule has 0 bridgehead atoms. The van der Waals surface area contributed by atoms with Gasteiger partial charge in [0.25, 0.3) is 0 Å². The molecule has 2 aliphatic rings. The Morgan fingerprint density at radius 2 is 1.70 bits per heavy atom. The molecule has 2 fully saturated rings. The number of hydrogen-bond donors (Lipinski definition) is 2. The van der Waals surface area contributed by atoms with Crippen LogP contribution in [0.1, 0.15) is 44.9 Å². The molecule has 0 radical (unpaired) electrons. The summed E-state index contributed by atoms with van der Waals surface area (Å²) in [6, 6.07) is 0.476. The Hall–Kier alpha value is -0.0500. The maximum Gasteiger partial charge on any atom is 0.188 e. The highest BCUT2D eigenvalue weighted by Gasteiger charge is 2.23. The molecule has 1 aliphatic heterocycles.